The highest BCUT2D eigenvalue weighted by molar-refractivity contribution is 5.68. The second-order valence-corrected chi connectivity index (χ2v) is 8.25. The fraction of sp³-hybridized carbons (Fsp3) is 0.609. The Hall–Kier alpha value is -2.57. The summed E-state index contributed by atoms with van der Waals surface area (Å²) in [5.41, 5.74) is 3.46. The normalized spacial score (nSPS) is 15.6. The van der Waals surface area contributed by atoms with Crippen molar-refractivity contribution in [3.05, 3.63) is 29.7 Å². The summed E-state index contributed by atoms with van der Waals surface area (Å²) in [4.78, 5) is 16.8. The van der Waals surface area contributed by atoms with Crippen LogP contribution in [0.15, 0.2) is 18.3 Å². The first-order chi connectivity index (χ1) is 14.5. The van der Waals surface area contributed by atoms with Gasteiger partial charge in [0.1, 0.15) is 5.75 Å². The summed E-state index contributed by atoms with van der Waals surface area (Å²) in [6.45, 7) is 6.86. The number of amides is 1. The maximum absolute atomic E-state index is 12.0. The Morgan fingerprint density at radius 3 is 2.77 bits per heavy atom. The van der Waals surface area contributed by atoms with Gasteiger partial charge in [0.2, 0.25) is 0 Å². The van der Waals surface area contributed by atoms with Crippen LogP contribution >= 0.6 is 0 Å². The van der Waals surface area contributed by atoms with E-state index < -0.39 is 6.09 Å². The first-order valence-corrected chi connectivity index (χ1v) is 11.0. The van der Waals surface area contributed by atoms with Gasteiger partial charge in [0.05, 0.1) is 42.5 Å². The minimum Gasteiger partial charge on any atom is -0.489 e. The van der Waals surface area contributed by atoms with Crippen LogP contribution in [0.1, 0.15) is 63.8 Å². The quantitative estimate of drug-likeness (QED) is 0.673. The third kappa shape index (κ3) is 5.74. The second-order valence-electron chi connectivity index (χ2n) is 8.25. The van der Waals surface area contributed by atoms with Gasteiger partial charge in [-0.25, -0.2) is 9.78 Å². The molecule has 2 aromatic rings. The van der Waals surface area contributed by atoms with E-state index in [-0.39, 0.29) is 0 Å². The molecule has 0 aromatic carbocycles. The molecule has 2 heterocycles. The Bertz CT molecular complexity index is 843. The first kappa shape index (κ1) is 22.1. The molecule has 1 atom stereocenters. The van der Waals surface area contributed by atoms with Crippen LogP contribution in [0.4, 0.5) is 4.79 Å². The molecule has 164 valence electrons. The summed E-state index contributed by atoms with van der Waals surface area (Å²) in [5, 5.41) is 7.18. The van der Waals surface area contributed by atoms with Gasteiger partial charge in [0.25, 0.3) is 0 Å². The van der Waals surface area contributed by atoms with Crippen molar-refractivity contribution in [2.75, 3.05) is 6.61 Å². The standard InChI is InChI=1S/C23H34N4O3/c1-5-16(2)15-29-23(28)24-14-21-19(13-25-27(21)4)20-11-12-22(17(3)26-20)30-18-9-7-6-8-10-18/h11-13,16,18H,5-10,14-15H2,1-4H3,(H,24,28). The summed E-state index contributed by atoms with van der Waals surface area (Å²) in [5.74, 6) is 1.20. The zero-order valence-corrected chi connectivity index (χ0v) is 18.6. The summed E-state index contributed by atoms with van der Waals surface area (Å²) in [6, 6.07) is 3.96. The molecule has 1 aliphatic carbocycles. The van der Waals surface area contributed by atoms with Gasteiger partial charge in [0.15, 0.2) is 0 Å². The number of rotatable bonds is 8. The Morgan fingerprint density at radius 1 is 1.30 bits per heavy atom. The third-order valence-corrected chi connectivity index (χ3v) is 5.82. The average Bonchev–Trinajstić information content (AvgIpc) is 3.13. The highest BCUT2D eigenvalue weighted by Gasteiger charge is 2.18. The van der Waals surface area contributed by atoms with E-state index in [1.54, 1.807) is 10.9 Å². The molecule has 0 radical (unpaired) electrons. The van der Waals surface area contributed by atoms with Crippen molar-refractivity contribution >= 4 is 6.09 Å². The largest absolute Gasteiger partial charge is 0.489 e. The van der Waals surface area contributed by atoms with E-state index in [1.807, 2.05) is 26.1 Å². The van der Waals surface area contributed by atoms with E-state index in [0.29, 0.717) is 25.2 Å². The van der Waals surface area contributed by atoms with Crippen LogP contribution in [0, 0.1) is 12.8 Å². The average molecular weight is 415 g/mol. The van der Waals surface area contributed by atoms with Gasteiger partial charge in [-0.2, -0.15) is 5.10 Å². The molecular weight excluding hydrogens is 380 g/mol. The maximum Gasteiger partial charge on any atom is 0.407 e. The topological polar surface area (TPSA) is 78.3 Å². The molecule has 30 heavy (non-hydrogen) atoms. The van der Waals surface area contributed by atoms with Crippen molar-refractivity contribution in [2.45, 2.75) is 71.9 Å². The van der Waals surface area contributed by atoms with Crippen LogP contribution in [0.25, 0.3) is 11.3 Å². The van der Waals surface area contributed by atoms with Crippen LogP contribution in [-0.2, 0) is 18.3 Å². The van der Waals surface area contributed by atoms with Gasteiger partial charge in [-0.3, -0.25) is 4.68 Å². The lowest BCUT2D eigenvalue weighted by atomic mass is 9.98. The molecule has 1 saturated carbocycles. The molecule has 1 fully saturated rings. The molecule has 0 aliphatic heterocycles. The summed E-state index contributed by atoms with van der Waals surface area (Å²) < 4.78 is 13.2. The van der Waals surface area contributed by atoms with E-state index in [4.69, 9.17) is 14.5 Å². The number of nitrogens with zero attached hydrogens (tertiary/aromatic N) is 3. The lowest BCUT2D eigenvalue weighted by molar-refractivity contribution is 0.128. The van der Waals surface area contributed by atoms with E-state index >= 15 is 0 Å². The van der Waals surface area contributed by atoms with Gasteiger partial charge in [0, 0.05) is 12.6 Å². The van der Waals surface area contributed by atoms with Gasteiger partial charge in [-0.15, -0.1) is 0 Å². The molecule has 1 unspecified atom stereocenters. The molecule has 1 amide bonds. The van der Waals surface area contributed by atoms with Crippen molar-refractivity contribution in [1.29, 1.82) is 0 Å². The molecule has 7 heteroatoms. The smallest absolute Gasteiger partial charge is 0.407 e. The molecule has 1 aliphatic rings. The maximum atomic E-state index is 12.0. The number of hydrogen-bond donors (Lipinski definition) is 1. The predicted molar refractivity (Wildman–Crippen MR) is 116 cm³/mol. The van der Waals surface area contributed by atoms with Crippen molar-refractivity contribution in [3.63, 3.8) is 0 Å². The third-order valence-electron chi connectivity index (χ3n) is 5.82. The highest BCUT2D eigenvalue weighted by atomic mass is 16.5. The highest BCUT2D eigenvalue weighted by Crippen LogP contribution is 2.28. The zero-order chi connectivity index (χ0) is 21.5. The van der Waals surface area contributed by atoms with Crippen molar-refractivity contribution < 1.29 is 14.3 Å². The number of pyridine rings is 1. The molecule has 7 nitrogen and oxygen atoms in total. The second kappa shape index (κ2) is 10.5. The van der Waals surface area contributed by atoms with E-state index in [0.717, 1.165) is 47.7 Å². The fourth-order valence-electron chi connectivity index (χ4n) is 3.61. The fourth-order valence-corrected chi connectivity index (χ4v) is 3.61. The lowest BCUT2D eigenvalue weighted by Crippen LogP contribution is -2.26. The number of ether oxygens (including phenoxy) is 2. The molecule has 0 spiro atoms. The molecule has 0 bridgehead atoms. The van der Waals surface area contributed by atoms with Crippen LogP contribution < -0.4 is 10.1 Å². The molecule has 1 N–H and O–H groups in total. The lowest BCUT2D eigenvalue weighted by Gasteiger charge is -2.23. The molecule has 3 rings (SSSR count). The number of aryl methyl sites for hydroxylation is 2. The Morgan fingerprint density at radius 2 is 2.07 bits per heavy atom. The number of hydrogen-bond acceptors (Lipinski definition) is 5. The van der Waals surface area contributed by atoms with Gasteiger partial charge < -0.3 is 14.8 Å². The van der Waals surface area contributed by atoms with E-state index in [9.17, 15) is 4.79 Å². The van der Waals surface area contributed by atoms with E-state index in [2.05, 4.69) is 24.3 Å². The molecule has 2 aromatic heterocycles. The van der Waals surface area contributed by atoms with Gasteiger partial charge in [-0.05, 0) is 50.7 Å². The Balaban J connectivity index is 1.66. The monoisotopic (exact) mass is 414 g/mol. The summed E-state index contributed by atoms with van der Waals surface area (Å²) >= 11 is 0. The zero-order valence-electron chi connectivity index (χ0n) is 18.6. The van der Waals surface area contributed by atoms with E-state index in [1.165, 1.54) is 19.3 Å². The van der Waals surface area contributed by atoms with Gasteiger partial charge in [-0.1, -0.05) is 26.7 Å². The summed E-state index contributed by atoms with van der Waals surface area (Å²) in [7, 11) is 1.86. The van der Waals surface area contributed by atoms with Crippen LogP contribution in [0.3, 0.4) is 0 Å². The predicted octanol–water partition coefficient (Wildman–Crippen LogP) is 4.77. The Labute approximate surface area is 179 Å². The Kier molecular flexibility index (Phi) is 7.71. The number of nitrogens with one attached hydrogen (secondary N) is 1. The molecular formula is C23H34N4O3. The minimum absolute atomic E-state index is 0.296. The molecule has 0 saturated heterocycles. The van der Waals surface area contributed by atoms with Crippen LogP contribution in [0.2, 0.25) is 0 Å². The SMILES string of the molecule is CCC(C)COC(=O)NCc1c(-c2ccc(OC3CCCCC3)c(C)n2)cnn1C. The number of aromatic nitrogens is 3. The van der Waals surface area contributed by atoms with Crippen molar-refractivity contribution in [1.82, 2.24) is 20.1 Å². The number of carbonyl (C=O) groups is 1. The summed E-state index contributed by atoms with van der Waals surface area (Å²) in [6.07, 6.45) is 8.66. The minimum atomic E-state index is -0.414. The number of alkyl carbamates (subject to hydrolysis) is 1. The van der Waals surface area contributed by atoms with Crippen molar-refractivity contribution in [2.24, 2.45) is 13.0 Å². The van der Waals surface area contributed by atoms with Crippen LogP contribution in [-0.4, -0.2) is 33.6 Å². The van der Waals surface area contributed by atoms with Gasteiger partial charge >= 0.3 is 6.09 Å². The van der Waals surface area contributed by atoms with Crippen LogP contribution in [0.5, 0.6) is 5.75 Å². The number of carbonyl (C=O) groups excluding carboxylic acids is 1. The van der Waals surface area contributed by atoms with Crippen molar-refractivity contribution in [3.8, 4) is 17.0 Å². The first-order valence-electron chi connectivity index (χ1n) is 11.0.